The van der Waals surface area contributed by atoms with Gasteiger partial charge in [-0.2, -0.15) is 0 Å². The molecule has 0 aliphatic rings. The lowest BCUT2D eigenvalue weighted by Crippen LogP contribution is -2.28. The van der Waals surface area contributed by atoms with E-state index in [-0.39, 0.29) is 0 Å². The molecule has 0 fully saturated rings. The molecule has 102 valence electrons. The molecule has 0 amide bonds. The molecular weight excluding hydrogens is 268 g/mol. The second kappa shape index (κ2) is 5.51. The zero-order chi connectivity index (χ0) is 13.9. The van der Waals surface area contributed by atoms with Gasteiger partial charge in [0.05, 0.1) is 0 Å². The van der Waals surface area contributed by atoms with Crippen LogP contribution in [0.2, 0.25) is 0 Å². The van der Waals surface area contributed by atoms with Crippen LogP contribution in [0.15, 0.2) is 46.9 Å². The minimum atomic E-state index is 0.641. The van der Waals surface area contributed by atoms with E-state index in [4.69, 9.17) is 16.6 Å². The van der Waals surface area contributed by atoms with Crippen LogP contribution < -0.4 is 10.6 Å². The summed E-state index contributed by atoms with van der Waals surface area (Å²) in [6.07, 6.45) is 1.05. The first-order valence-corrected chi connectivity index (χ1v) is 7.15. The monoisotopic (exact) mass is 284 g/mol. The fraction of sp³-hybridized carbons (Fsp3) is 0.188. The fourth-order valence-corrected chi connectivity index (χ4v) is 2.44. The largest absolute Gasteiger partial charge is 0.456 e. The van der Waals surface area contributed by atoms with Crippen molar-refractivity contribution in [2.75, 3.05) is 11.9 Å². The van der Waals surface area contributed by atoms with Crippen molar-refractivity contribution in [3.8, 4) is 0 Å². The lowest BCUT2D eigenvalue weighted by molar-refractivity contribution is 0.669. The molecule has 2 aromatic carbocycles. The minimum Gasteiger partial charge on any atom is -0.456 e. The molecule has 0 spiro atoms. The van der Waals surface area contributed by atoms with Crippen LogP contribution in [0, 0.1) is 0 Å². The summed E-state index contributed by atoms with van der Waals surface area (Å²) < 4.78 is 5.85. The number of nitrogens with one attached hydrogen (secondary N) is 2. The molecule has 3 nitrogen and oxygen atoms in total. The van der Waals surface area contributed by atoms with Gasteiger partial charge in [-0.1, -0.05) is 25.1 Å². The highest BCUT2D eigenvalue weighted by Crippen LogP contribution is 2.30. The first kappa shape index (κ1) is 12.9. The quantitative estimate of drug-likeness (QED) is 0.704. The molecule has 4 heteroatoms. The third-order valence-corrected chi connectivity index (χ3v) is 3.42. The van der Waals surface area contributed by atoms with E-state index >= 15 is 0 Å². The van der Waals surface area contributed by atoms with Gasteiger partial charge in [-0.3, -0.25) is 0 Å². The highest BCUT2D eigenvalue weighted by molar-refractivity contribution is 7.80. The van der Waals surface area contributed by atoms with E-state index in [1.165, 1.54) is 0 Å². The van der Waals surface area contributed by atoms with Gasteiger partial charge in [0.25, 0.3) is 0 Å². The molecule has 20 heavy (non-hydrogen) atoms. The van der Waals surface area contributed by atoms with Gasteiger partial charge < -0.3 is 15.1 Å². The number of rotatable bonds is 3. The predicted molar refractivity (Wildman–Crippen MR) is 88.2 cm³/mol. The molecular formula is C16H16N2OS. The Kier molecular flexibility index (Phi) is 3.56. The summed E-state index contributed by atoms with van der Waals surface area (Å²) in [6.45, 7) is 2.98. The number of fused-ring (bicyclic) bond motifs is 3. The molecule has 0 saturated carbocycles. The van der Waals surface area contributed by atoms with Crippen molar-refractivity contribution in [1.82, 2.24) is 5.32 Å². The van der Waals surface area contributed by atoms with Gasteiger partial charge >= 0.3 is 0 Å². The van der Waals surface area contributed by atoms with E-state index < -0.39 is 0 Å². The van der Waals surface area contributed by atoms with Crippen LogP contribution >= 0.6 is 12.2 Å². The van der Waals surface area contributed by atoms with Crippen molar-refractivity contribution in [1.29, 1.82) is 0 Å². The second-order valence-corrected chi connectivity index (χ2v) is 5.10. The highest BCUT2D eigenvalue weighted by atomic mass is 32.1. The summed E-state index contributed by atoms with van der Waals surface area (Å²) in [7, 11) is 0. The number of hydrogen-bond acceptors (Lipinski definition) is 2. The number of furan rings is 1. The van der Waals surface area contributed by atoms with Gasteiger partial charge in [-0.15, -0.1) is 0 Å². The maximum absolute atomic E-state index is 5.85. The van der Waals surface area contributed by atoms with Crippen molar-refractivity contribution in [2.45, 2.75) is 13.3 Å². The van der Waals surface area contributed by atoms with Crippen molar-refractivity contribution in [3.05, 3.63) is 42.5 Å². The second-order valence-electron chi connectivity index (χ2n) is 4.69. The van der Waals surface area contributed by atoms with Gasteiger partial charge in [0.2, 0.25) is 0 Å². The molecule has 0 radical (unpaired) electrons. The Balaban J connectivity index is 1.91. The smallest absolute Gasteiger partial charge is 0.170 e. The Hall–Kier alpha value is -2.07. The van der Waals surface area contributed by atoms with Gasteiger partial charge in [0, 0.05) is 29.1 Å². The zero-order valence-electron chi connectivity index (χ0n) is 11.3. The van der Waals surface area contributed by atoms with Crippen LogP contribution in [0.3, 0.4) is 0 Å². The van der Waals surface area contributed by atoms with Crippen LogP contribution in [0.5, 0.6) is 0 Å². The van der Waals surface area contributed by atoms with E-state index in [1.807, 2.05) is 30.3 Å². The van der Waals surface area contributed by atoms with Gasteiger partial charge in [-0.25, -0.2) is 0 Å². The number of para-hydroxylation sites is 1. The summed E-state index contributed by atoms with van der Waals surface area (Å²) in [5.41, 5.74) is 2.71. The van der Waals surface area contributed by atoms with E-state index in [1.54, 1.807) is 0 Å². The number of thiocarbonyl (C=S) groups is 1. The molecule has 1 heterocycles. The van der Waals surface area contributed by atoms with Crippen LogP contribution in [0.4, 0.5) is 5.69 Å². The van der Waals surface area contributed by atoms with Gasteiger partial charge in [0.15, 0.2) is 5.11 Å². The number of anilines is 1. The Labute approximate surface area is 123 Å². The van der Waals surface area contributed by atoms with Crippen LogP contribution in [-0.2, 0) is 0 Å². The third-order valence-electron chi connectivity index (χ3n) is 3.17. The molecule has 2 N–H and O–H groups in total. The molecule has 3 aromatic rings. The van der Waals surface area contributed by atoms with E-state index in [9.17, 15) is 0 Å². The Morgan fingerprint density at radius 1 is 1.10 bits per heavy atom. The fourth-order valence-electron chi connectivity index (χ4n) is 2.22. The third kappa shape index (κ3) is 2.47. The molecule has 0 aliphatic carbocycles. The standard InChI is InChI=1S/C16H16N2OS/c1-2-9-17-16(20)18-11-7-8-13-12-5-3-4-6-14(12)19-15(13)10-11/h3-8,10H,2,9H2,1H3,(H2,17,18,20). The zero-order valence-corrected chi connectivity index (χ0v) is 12.1. The van der Waals surface area contributed by atoms with Crippen LogP contribution in [-0.4, -0.2) is 11.7 Å². The maximum Gasteiger partial charge on any atom is 0.170 e. The van der Waals surface area contributed by atoms with Crippen LogP contribution in [0.25, 0.3) is 21.9 Å². The Morgan fingerprint density at radius 3 is 2.75 bits per heavy atom. The lowest BCUT2D eigenvalue weighted by Gasteiger charge is -2.09. The molecule has 0 atom stereocenters. The molecule has 0 saturated heterocycles. The Morgan fingerprint density at radius 2 is 1.90 bits per heavy atom. The van der Waals surface area contributed by atoms with E-state index in [0.717, 1.165) is 40.6 Å². The summed E-state index contributed by atoms with van der Waals surface area (Å²) in [5.74, 6) is 0. The van der Waals surface area contributed by atoms with Gasteiger partial charge in [0.1, 0.15) is 11.2 Å². The van der Waals surface area contributed by atoms with Crippen LogP contribution in [0.1, 0.15) is 13.3 Å². The molecule has 3 rings (SSSR count). The van der Waals surface area contributed by atoms with Crippen molar-refractivity contribution < 1.29 is 4.42 Å². The average Bonchev–Trinajstić information content (AvgIpc) is 2.82. The van der Waals surface area contributed by atoms with Gasteiger partial charge in [-0.05, 0) is 36.8 Å². The normalized spacial score (nSPS) is 10.8. The first-order valence-electron chi connectivity index (χ1n) is 6.74. The van der Waals surface area contributed by atoms with E-state index in [2.05, 4.69) is 29.7 Å². The number of benzene rings is 2. The highest BCUT2D eigenvalue weighted by Gasteiger charge is 2.07. The topological polar surface area (TPSA) is 37.2 Å². The van der Waals surface area contributed by atoms with Crippen molar-refractivity contribution in [3.63, 3.8) is 0 Å². The average molecular weight is 284 g/mol. The lowest BCUT2D eigenvalue weighted by atomic mass is 10.1. The maximum atomic E-state index is 5.85. The Bertz CT molecular complexity index is 763. The molecule has 0 aliphatic heterocycles. The molecule has 0 unspecified atom stereocenters. The summed E-state index contributed by atoms with van der Waals surface area (Å²) >= 11 is 5.24. The van der Waals surface area contributed by atoms with Crippen molar-refractivity contribution >= 4 is 45.0 Å². The predicted octanol–water partition coefficient (Wildman–Crippen LogP) is 4.28. The summed E-state index contributed by atoms with van der Waals surface area (Å²) in [5, 5.41) is 9.22. The summed E-state index contributed by atoms with van der Waals surface area (Å²) in [6, 6.07) is 14.1. The molecule has 0 bridgehead atoms. The molecule has 1 aromatic heterocycles. The first-order chi connectivity index (χ1) is 9.78. The number of hydrogen-bond donors (Lipinski definition) is 2. The SMILES string of the molecule is CCCNC(=S)Nc1ccc2c(c1)oc1ccccc12. The van der Waals surface area contributed by atoms with Crippen molar-refractivity contribution in [2.24, 2.45) is 0 Å². The summed E-state index contributed by atoms with van der Waals surface area (Å²) in [4.78, 5) is 0. The van der Waals surface area contributed by atoms with E-state index in [0.29, 0.717) is 5.11 Å². The minimum absolute atomic E-state index is 0.641.